The second-order valence-corrected chi connectivity index (χ2v) is 27.5. The van der Waals surface area contributed by atoms with E-state index in [9.17, 15) is 30.3 Å². The molecule has 1 amide bonds. The number of hydrogen-bond donors (Lipinski definition) is 6. The molecular weight excluding hydrogens is 1160 g/mol. The maximum atomic E-state index is 13.2. The van der Waals surface area contributed by atoms with Gasteiger partial charge in [0.2, 0.25) is 5.91 Å². The molecule has 1 aliphatic rings. The van der Waals surface area contributed by atoms with Crippen LogP contribution in [0.1, 0.15) is 367 Å². The Bertz CT molecular complexity index is 1870. The molecule has 0 radical (unpaired) electrons. The van der Waals surface area contributed by atoms with Gasteiger partial charge in [0, 0.05) is 6.42 Å². The van der Waals surface area contributed by atoms with Crippen LogP contribution >= 0.6 is 0 Å². The van der Waals surface area contributed by atoms with Crippen molar-refractivity contribution in [2.24, 2.45) is 0 Å². The van der Waals surface area contributed by atoms with Gasteiger partial charge in [-0.15, -0.1) is 0 Å². The molecule has 9 heteroatoms. The number of aliphatic hydroxyl groups is 5. The summed E-state index contributed by atoms with van der Waals surface area (Å²) in [6.45, 7) is 3.76. The Hall–Kier alpha value is -3.15. The first-order valence-electron chi connectivity index (χ1n) is 40.1. The van der Waals surface area contributed by atoms with E-state index in [0.29, 0.717) is 12.8 Å². The predicted octanol–water partition coefficient (Wildman–Crippen LogP) is 23.1. The van der Waals surface area contributed by atoms with Crippen molar-refractivity contribution in [2.75, 3.05) is 13.2 Å². The molecule has 0 aromatic carbocycles. The van der Waals surface area contributed by atoms with Crippen molar-refractivity contribution >= 4 is 5.91 Å². The molecule has 7 unspecified atom stereocenters. The van der Waals surface area contributed by atoms with Crippen LogP contribution in [0.3, 0.4) is 0 Å². The van der Waals surface area contributed by atoms with Gasteiger partial charge in [0.05, 0.1) is 25.4 Å². The molecule has 544 valence electrons. The largest absolute Gasteiger partial charge is 0.394 e. The molecule has 6 N–H and O–H groups in total. The van der Waals surface area contributed by atoms with Gasteiger partial charge in [-0.1, -0.05) is 386 Å². The highest BCUT2D eigenvalue weighted by Crippen LogP contribution is 2.24. The summed E-state index contributed by atoms with van der Waals surface area (Å²) in [4.78, 5) is 13.2. The Morgan fingerprint density at radius 2 is 0.660 bits per heavy atom. The molecular formula is C85H151NO8. The molecule has 0 bridgehead atoms. The SMILES string of the molecule is CC/C=C\C/C=C\C/C=C\C/C=C\C/C=C\C/C=C\C/C=C\C/C=C\C/C=C\CCCCCCCCCCCCCC(=O)NC(COC1OC(CO)C(O)C(O)C1O)C(O)CCCCCCCCCCCCCCCCCCCCCCCCCCCCCCCCCC. The van der Waals surface area contributed by atoms with Crippen molar-refractivity contribution in [3.8, 4) is 0 Å². The summed E-state index contributed by atoms with van der Waals surface area (Å²) >= 11 is 0. The van der Waals surface area contributed by atoms with Crippen molar-refractivity contribution in [1.82, 2.24) is 5.32 Å². The van der Waals surface area contributed by atoms with E-state index in [1.54, 1.807) is 0 Å². The minimum absolute atomic E-state index is 0.142. The predicted molar refractivity (Wildman–Crippen MR) is 405 cm³/mol. The number of nitrogens with one attached hydrogen (secondary N) is 1. The number of carbonyl (C=O) groups is 1. The van der Waals surface area contributed by atoms with Gasteiger partial charge >= 0.3 is 0 Å². The van der Waals surface area contributed by atoms with Gasteiger partial charge in [-0.05, 0) is 83.5 Å². The summed E-state index contributed by atoms with van der Waals surface area (Å²) in [6, 6.07) is -0.730. The fraction of sp³-hybridized carbons (Fsp3) is 0.776. The zero-order valence-corrected chi connectivity index (χ0v) is 61.2. The summed E-state index contributed by atoms with van der Waals surface area (Å²) < 4.78 is 11.4. The van der Waals surface area contributed by atoms with Gasteiger partial charge < -0.3 is 40.3 Å². The highest BCUT2D eigenvalue weighted by atomic mass is 16.7. The molecule has 0 aliphatic carbocycles. The van der Waals surface area contributed by atoms with Crippen LogP contribution < -0.4 is 5.32 Å². The lowest BCUT2D eigenvalue weighted by molar-refractivity contribution is -0.302. The highest BCUT2D eigenvalue weighted by molar-refractivity contribution is 5.76. The second-order valence-electron chi connectivity index (χ2n) is 27.5. The summed E-state index contributed by atoms with van der Waals surface area (Å²) in [5.74, 6) is -0.146. The van der Waals surface area contributed by atoms with Gasteiger partial charge in [0.15, 0.2) is 6.29 Å². The van der Waals surface area contributed by atoms with Crippen molar-refractivity contribution < 1.29 is 39.8 Å². The van der Waals surface area contributed by atoms with Crippen molar-refractivity contribution in [1.29, 1.82) is 0 Å². The van der Waals surface area contributed by atoms with E-state index in [-0.39, 0.29) is 12.5 Å². The summed E-state index contributed by atoms with van der Waals surface area (Å²) in [7, 11) is 0. The molecule has 0 saturated carbocycles. The average Bonchev–Trinajstić information content (AvgIpc) is 0.829. The molecule has 1 aliphatic heterocycles. The number of unbranched alkanes of at least 4 members (excludes halogenated alkanes) is 42. The van der Waals surface area contributed by atoms with E-state index in [4.69, 9.17) is 9.47 Å². The molecule has 1 rings (SSSR count). The van der Waals surface area contributed by atoms with Crippen LogP contribution in [0.25, 0.3) is 0 Å². The molecule has 7 atom stereocenters. The second kappa shape index (κ2) is 72.6. The third-order valence-corrected chi connectivity index (χ3v) is 18.6. The lowest BCUT2D eigenvalue weighted by Gasteiger charge is -2.40. The van der Waals surface area contributed by atoms with E-state index in [0.717, 1.165) is 103 Å². The number of hydrogen-bond acceptors (Lipinski definition) is 8. The standard InChI is InChI=1S/C85H151NO8/c1-3-5-7-9-11-13-15-17-19-21-23-25-27-29-31-33-35-37-38-39-40-41-42-43-45-47-49-51-53-55-57-59-61-63-65-67-69-71-73-75-81(89)86-78(77-93-85-84(92)83(91)82(90)80(76-87)94-85)79(88)74-72-70-68-66-64-62-60-58-56-54-52-50-48-46-44-36-34-32-30-28-26-24-22-20-18-16-14-12-10-8-6-4-2/h5,7,11,13,17,19,23,25,29,31,35,37,39-40,42-43,47,49,78-80,82-85,87-88,90-92H,3-4,6,8-10,12,14-16,18,20-22,24,26-28,30,32-34,36,38,41,44-46,48,50-77H2,1-2H3,(H,86,89)/b7-5-,13-11-,19-17-,25-23-,31-29-,37-35-,40-39-,43-42-,49-47-. The molecule has 0 spiro atoms. The van der Waals surface area contributed by atoms with E-state index < -0.39 is 49.5 Å². The number of aliphatic hydroxyl groups excluding tert-OH is 5. The molecule has 1 fully saturated rings. The molecule has 94 heavy (non-hydrogen) atoms. The Kier molecular flexibility index (Phi) is 68.6. The van der Waals surface area contributed by atoms with Crippen LogP contribution in [0, 0.1) is 0 Å². The van der Waals surface area contributed by atoms with Gasteiger partial charge in [-0.2, -0.15) is 0 Å². The van der Waals surface area contributed by atoms with E-state index in [2.05, 4.69) is 129 Å². The minimum atomic E-state index is -1.56. The Morgan fingerprint density at radius 1 is 0.372 bits per heavy atom. The average molecular weight is 1320 g/mol. The maximum absolute atomic E-state index is 13.2. The number of carbonyl (C=O) groups excluding carboxylic acids is 1. The van der Waals surface area contributed by atoms with Gasteiger partial charge in [0.1, 0.15) is 24.4 Å². The molecule has 0 aromatic heterocycles. The third-order valence-electron chi connectivity index (χ3n) is 18.6. The van der Waals surface area contributed by atoms with Crippen molar-refractivity contribution in [3.63, 3.8) is 0 Å². The van der Waals surface area contributed by atoms with Crippen LogP contribution in [0.5, 0.6) is 0 Å². The summed E-state index contributed by atoms with van der Waals surface area (Å²) in [5.41, 5.74) is 0. The van der Waals surface area contributed by atoms with Gasteiger partial charge in [-0.3, -0.25) is 4.79 Å². The number of ether oxygens (including phenoxy) is 2. The fourth-order valence-corrected chi connectivity index (χ4v) is 12.5. The number of amides is 1. The lowest BCUT2D eigenvalue weighted by Crippen LogP contribution is -2.60. The lowest BCUT2D eigenvalue weighted by atomic mass is 9.99. The van der Waals surface area contributed by atoms with E-state index in [1.807, 2.05) is 0 Å². The van der Waals surface area contributed by atoms with Crippen molar-refractivity contribution in [2.45, 2.75) is 410 Å². The van der Waals surface area contributed by atoms with Crippen LogP contribution in [-0.4, -0.2) is 87.5 Å². The molecule has 9 nitrogen and oxygen atoms in total. The Labute approximate surface area is 580 Å². The zero-order valence-electron chi connectivity index (χ0n) is 61.2. The fourth-order valence-electron chi connectivity index (χ4n) is 12.5. The number of rotatable bonds is 70. The first-order valence-corrected chi connectivity index (χ1v) is 40.1. The topological polar surface area (TPSA) is 149 Å². The smallest absolute Gasteiger partial charge is 0.220 e. The quantitative estimate of drug-likeness (QED) is 0.0261. The van der Waals surface area contributed by atoms with Crippen molar-refractivity contribution in [3.05, 3.63) is 109 Å². The third kappa shape index (κ3) is 60.1. The highest BCUT2D eigenvalue weighted by Gasteiger charge is 2.44. The van der Waals surface area contributed by atoms with Gasteiger partial charge in [0.25, 0.3) is 0 Å². The first-order chi connectivity index (χ1) is 46.3. The summed E-state index contributed by atoms with van der Waals surface area (Å²) in [5, 5.41) is 55.1. The molecule has 1 saturated heterocycles. The van der Waals surface area contributed by atoms with Crippen LogP contribution in [-0.2, 0) is 14.3 Å². The molecule has 0 aromatic rings. The van der Waals surface area contributed by atoms with E-state index >= 15 is 0 Å². The molecule has 1 heterocycles. The maximum Gasteiger partial charge on any atom is 0.220 e. The number of allylic oxidation sites excluding steroid dienone is 18. The van der Waals surface area contributed by atoms with Gasteiger partial charge in [-0.25, -0.2) is 0 Å². The van der Waals surface area contributed by atoms with Crippen LogP contribution in [0.15, 0.2) is 109 Å². The Morgan fingerprint density at radius 3 is 0.979 bits per heavy atom. The normalized spacial score (nSPS) is 18.1. The summed E-state index contributed by atoms with van der Waals surface area (Å²) in [6.07, 6.45) is 100. The van der Waals surface area contributed by atoms with E-state index in [1.165, 1.54) is 238 Å². The van der Waals surface area contributed by atoms with Crippen LogP contribution in [0.4, 0.5) is 0 Å². The monoisotopic (exact) mass is 1310 g/mol. The first kappa shape index (κ1) is 88.9. The minimum Gasteiger partial charge on any atom is -0.394 e. The van der Waals surface area contributed by atoms with Crippen LogP contribution in [0.2, 0.25) is 0 Å². The Balaban J connectivity index is 2.09. The zero-order chi connectivity index (χ0) is 67.8.